The zero-order valence-electron chi connectivity index (χ0n) is 14.3. The van der Waals surface area contributed by atoms with Crippen molar-refractivity contribution in [3.8, 4) is 0 Å². The predicted molar refractivity (Wildman–Crippen MR) is 100 cm³/mol. The molecule has 1 aromatic heterocycles. The van der Waals surface area contributed by atoms with Gasteiger partial charge in [-0.3, -0.25) is 4.79 Å². The highest BCUT2D eigenvalue weighted by Crippen LogP contribution is 2.40. The quantitative estimate of drug-likeness (QED) is 0.802. The van der Waals surface area contributed by atoms with Crippen LogP contribution in [0.1, 0.15) is 43.0 Å². The SMILES string of the molecule is CC(NCC1(c2ccccc2)CCCC1)C(=O)NCc1cccs1. The van der Waals surface area contributed by atoms with Crippen LogP contribution < -0.4 is 10.6 Å². The van der Waals surface area contributed by atoms with Crippen molar-refractivity contribution in [1.29, 1.82) is 0 Å². The van der Waals surface area contributed by atoms with Gasteiger partial charge in [0.05, 0.1) is 12.6 Å². The maximum Gasteiger partial charge on any atom is 0.237 e. The molecule has 0 radical (unpaired) electrons. The van der Waals surface area contributed by atoms with Crippen LogP contribution in [0.3, 0.4) is 0 Å². The standard InChI is InChI=1S/C20H26N2OS/c1-16(19(23)21-14-18-10-7-13-24-18)22-15-20(11-5-6-12-20)17-8-3-2-4-9-17/h2-4,7-10,13,16,22H,5-6,11-12,14-15H2,1H3,(H,21,23). The minimum Gasteiger partial charge on any atom is -0.350 e. The summed E-state index contributed by atoms with van der Waals surface area (Å²) in [6, 6.07) is 14.7. The molecule has 3 rings (SSSR count). The van der Waals surface area contributed by atoms with E-state index < -0.39 is 0 Å². The first-order valence-electron chi connectivity index (χ1n) is 8.79. The highest BCUT2D eigenvalue weighted by molar-refractivity contribution is 7.09. The van der Waals surface area contributed by atoms with Crippen LogP contribution in [0.25, 0.3) is 0 Å². The highest BCUT2D eigenvalue weighted by atomic mass is 32.1. The van der Waals surface area contributed by atoms with Gasteiger partial charge in [0.15, 0.2) is 0 Å². The summed E-state index contributed by atoms with van der Waals surface area (Å²) in [4.78, 5) is 13.5. The molecule has 0 aliphatic heterocycles. The smallest absolute Gasteiger partial charge is 0.237 e. The van der Waals surface area contributed by atoms with Gasteiger partial charge in [0.25, 0.3) is 0 Å². The summed E-state index contributed by atoms with van der Waals surface area (Å²) in [6.07, 6.45) is 4.95. The van der Waals surface area contributed by atoms with Crippen molar-refractivity contribution in [2.45, 2.75) is 50.6 Å². The predicted octanol–water partition coefficient (Wildman–Crippen LogP) is 3.85. The van der Waals surface area contributed by atoms with Crippen LogP contribution >= 0.6 is 11.3 Å². The van der Waals surface area contributed by atoms with Crippen molar-refractivity contribution >= 4 is 17.2 Å². The fourth-order valence-electron chi connectivity index (χ4n) is 3.59. The zero-order valence-corrected chi connectivity index (χ0v) is 15.1. The zero-order chi connectivity index (χ0) is 16.8. The van der Waals surface area contributed by atoms with Gasteiger partial charge in [-0.15, -0.1) is 11.3 Å². The van der Waals surface area contributed by atoms with Gasteiger partial charge in [-0.2, -0.15) is 0 Å². The normalized spacial score (nSPS) is 17.5. The van der Waals surface area contributed by atoms with Gasteiger partial charge in [-0.25, -0.2) is 0 Å². The van der Waals surface area contributed by atoms with E-state index in [2.05, 4.69) is 41.0 Å². The van der Waals surface area contributed by atoms with E-state index in [1.165, 1.54) is 36.1 Å². The highest BCUT2D eigenvalue weighted by Gasteiger charge is 2.35. The molecule has 0 spiro atoms. The summed E-state index contributed by atoms with van der Waals surface area (Å²) in [5.41, 5.74) is 1.59. The Bertz CT molecular complexity index is 633. The number of carbonyl (C=O) groups is 1. The number of nitrogens with one attached hydrogen (secondary N) is 2. The second-order valence-corrected chi connectivity index (χ2v) is 7.79. The van der Waals surface area contributed by atoms with Crippen LogP contribution in [0.5, 0.6) is 0 Å². The first-order valence-corrected chi connectivity index (χ1v) is 9.67. The average Bonchev–Trinajstić information content (AvgIpc) is 3.31. The second-order valence-electron chi connectivity index (χ2n) is 6.75. The number of hydrogen-bond acceptors (Lipinski definition) is 3. The van der Waals surface area contributed by atoms with E-state index in [4.69, 9.17) is 0 Å². The summed E-state index contributed by atoms with van der Waals surface area (Å²) >= 11 is 1.67. The summed E-state index contributed by atoms with van der Waals surface area (Å²) in [5, 5.41) is 8.54. The molecule has 2 N–H and O–H groups in total. The Hall–Kier alpha value is -1.65. The maximum absolute atomic E-state index is 12.3. The first kappa shape index (κ1) is 17.2. The van der Waals surface area contributed by atoms with Crippen molar-refractivity contribution in [3.63, 3.8) is 0 Å². The second kappa shape index (κ2) is 7.95. The molecule has 2 aromatic rings. The third kappa shape index (κ3) is 4.05. The van der Waals surface area contributed by atoms with Crippen LogP contribution in [0.15, 0.2) is 47.8 Å². The number of rotatable bonds is 7. The third-order valence-corrected chi connectivity index (χ3v) is 5.98. The van der Waals surface area contributed by atoms with Crippen LogP contribution in [0, 0.1) is 0 Å². The Morgan fingerprint density at radius 2 is 1.92 bits per heavy atom. The maximum atomic E-state index is 12.3. The van der Waals surface area contributed by atoms with E-state index in [1.807, 2.05) is 24.4 Å². The molecule has 1 atom stereocenters. The molecule has 0 saturated heterocycles. The molecular formula is C20H26N2OS. The first-order chi connectivity index (χ1) is 11.7. The molecule has 1 aromatic carbocycles. The summed E-state index contributed by atoms with van der Waals surface area (Å²) < 4.78 is 0. The lowest BCUT2D eigenvalue weighted by Crippen LogP contribution is -2.47. The topological polar surface area (TPSA) is 41.1 Å². The molecule has 1 unspecified atom stereocenters. The Balaban J connectivity index is 1.55. The van der Waals surface area contributed by atoms with Gasteiger partial charge in [-0.1, -0.05) is 49.2 Å². The van der Waals surface area contributed by atoms with Crippen molar-refractivity contribution in [2.75, 3.05) is 6.54 Å². The molecule has 3 nitrogen and oxygen atoms in total. The van der Waals surface area contributed by atoms with Crippen LogP contribution in [-0.4, -0.2) is 18.5 Å². The van der Waals surface area contributed by atoms with Gasteiger partial charge in [0, 0.05) is 16.8 Å². The summed E-state index contributed by atoms with van der Waals surface area (Å²) in [6.45, 7) is 3.44. The van der Waals surface area contributed by atoms with E-state index in [-0.39, 0.29) is 17.4 Å². The van der Waals surface area contributed by atoms with Crippen molar-refractivity contribution in [3.05, 3.63) is 58.3 Å². The average molecular weight is 343 g/mol. The van der Waals surface area contributed by atoms with E-state index in [9.17, 15) is 4.79 Å². The van der Waals surface area contributed by atoms with Crippen molar-refractivity contribution < 1.29 is 4.79 Å². The van der Waals surface area contributed by atoms with Crippen LogP contribution in [0.2, 0.25) is 0 Å². The van der Waals surface area contributed by atoms with Crippen molar-refractivity contribution in [2.24, 2.45) is 0 Å². The van der Waals surface area contributed by atoms with E-state index in [0.717, 1.165) is 6.54 Å². The molecule has 1 aliphatic carbocycles. The molecule has 4 heteroatoms. The molecule has 24 heavy (non-hydrogen) atoms. The largest absolute Gasteiger partial charge is 0.350 e. The number of benzene rings is 1. The van der Waals surface area contributed by atoms with Gasteiger partial charge in [0.2, 0.25) is 5.91 Å². The molecular weight excluding hydrogens is 316 g/mol. The number of hydrogen-bond donors (Lipinski definition) is 2. The summed E-state index contributed by atoms with van der Waals surface area (Å²) in [7, 11) is 0. The minimum absolute atomic E-state index is 0.0737. The Kier molecular flexibility index (Phi) is 5.69. The number of amides is 1. The minimum atomic E-state index is -0.175. The number of thiophene rings is 1. The Labute approximate surface area is 148 Å². The van der Waals surface area contributed by atoms with Gasteiger partial charge >= 0.3 is 0 Å². The van der Waals surface area contributed by atoms with Crippen molar-refractivity contribution in [1.82, 2.24) is 10.6 Å². The van der Waals surface area contributed by atoms with Crippen LogP contribution in [0.4, 0.5) is 0 Å². The van der Waals surface area contributed by atoms with E-state index in [1.54, 1.807) is 11.3 Å². The molecule has 1 amide bonds. The fourth-order valence-corrected chi connectivity index (χ4v) is 4.24. The molecule has 0 bridgehead atoms. The lowest BCUT2D eigenvalue weighted by atomic mass is 9.78. The summed E-state index contributed by atoms with van der Waals surface area (Å²) in [5.74, 6) is 0.0737. The van der Waals surface area contributed by atoms with Gasteiger partial charge < -0.3 is 10.6 Å². The van der Waals surface area contributed by atoms with Gasteiger partial charge in [0.1, 0.15) is 0 Å². The van der Waals surface area contributed by atoms with E-state index in [0.29, 0.717) is 6.54 Å². The number of carbonyl (C=O) groups excluding carboxylic acids is 1. The lowest BCUT2D eigenvalue weighted by molar-refractivity contribution is -0.122. The van der Waals surface area contributed by atoms with E-state index >= 15 is 0 Å². The third-order valence-electron chi connectivity index (χ3n) is 5.10. The van der Waals surface area contributed by atoms with Gasteiger partial charge in [-0.05, 0) is 36.8 Å². The molecule has 1 heterocycles. The molecule has 1 fully saturated rings. The Morgan fingerprint density at radius 3 is 2.58 bits per heavy atom. The lowest BCUT2D eigenvalue weighted by Gasteiger charge is -2.31. The van der Waals surface area contributed by atoms with Crippen LogP contribution in [-0.2, 0) is 16.8 Å². The molecule has 128 valence electrons. The molecule has 1 saturated carbocycles. The Morgan fingerprint density at radius 1 is 1.17 bits per heavy atom. The molecule has 1 aliphatic rings. The fraction of sp³-hybridized carbons (Fsp3) is 0.450. The monoisotopic (exact) mass is 342 g/mol.